The molecule has 0 radical (unpaired) electrons. The van der Waals surface area contributed by atoms with Crippen LogP contribution in [0.3, 0.4) is 0 Å². The summed E-state index contributed by atoms with van der Waals surface area (Å²) in [7, 11) is 0. The van der Waals surface area contributed by atoms with Gasteiger partial charge in [0.2, 0.25) is 11.8 Å². The highest BCUT2D eigenvalue weighted by Crippen LogP contribution is 2.28. The Hall–Kier alpha value is -3.56. The second-order valence-corrected chi connectivity index (χ2v) is 10.1. The molecule has 37 heavy (non-hydrogen) atoms. The highest BCUT2D eigenvalue weighted by Gasteiger charge is 2.41. The molecule has 1 aliphatic heterocycles. The molecule has 1 saturated heterocycles. The van der Waals surface area contributed by atoms with Gasteiger partial charge in [0.05, 0.1) is 22.2 Å². The molecule has 1 aliphatic rings. The summed E-state index contributed by atoms with van der Waals surface area (Å²) < 4.78 is 0. The number of likely N-dealkylation sites (tertiary alicyclic amines) is 1. The van der Waals surface area contributed by atoms with Gasteiger partial charge in [-0.1, -0.05) is 61.5 Å². The number of carbonyl (C=O) groups is 3. The number of hydrogen-bond donors (Lipinski definition) is 3. The lowest BCUT2D eigenvalue weighted by atomic mass is 10.0. The average Bonchev–Trinajstić information content (AvgIpc) is 3.52. The number of carbonyl (C=O) groups excluding carboxylic acids is 3. The molecule has 0 saturated carbocycles. The van der Waals surface area contributed by atoms with Gasteiger partial charge < -0.3 is 20.6 Å². The zero-order valence-electron chi connectivity index (χ0n) is 21.0. The molecule has 3 unspecified atom stereocenters. The highest BCUT2D eigenvalue weighted by atomic mass is 32.1. The zero-order valence-corrected chi connectivity index (χ0v) is 21.8. The maximum absolute atomic E-state index is 13.6. The van der Waals surface area contributed by atoms with E-state index >= 15 is 0 Å². The van der Waals surface area contributed by atoms with E-state index in [1.165, 1.54) is 4.90 Å². The van der Waals surface area contributed by atoms with E-state index in [1.54, 1.807) is 35.6 Å². The number of aromatic nitrogens is 1. The first-order chi connectivity index (χ1) is 17.9. The Kier molecular flexibility index (Phi) is 8.68. The topological polar surface area (TPSA) is 112 Å². The second kappa shape index (κ2) is 12.1. The molecule has 0 bridgehead atoms. The molecule has 2 heterocycles. The number of thiazole rings is 1. The van der Waals surface area contributed by atoms with Crippen molar-refractivity contribution in [2.75, 3.05) is 6.54 Å². The summed E-state index contributed by atoms with van der Waals surface area (Å²) in [5, 5.41) is 16.1. The Morgan fingerprint density at radius 1 is 1.14 bits per heavy atom. The number of nitrogens with zero attached hydrogens (tertiary/aromatic N) is 2. The Morgan fingerprint density at radius 3 is 2.51 bits per heavy atom. The summed E-state index contributed by atoms with van der Waals surface area (Å²) in [5.41, 5.74) is 5.43. The molecule has 1 aromatic heterocycles. The van der Waals surface area contributed by atoms with Crippen LogP contribution in [0.25, 0.3) is 10.4 Å². The van der Waals surface area contributed by atoms with Gasteiger partial charge in [0.1, 0.15) is 12.1 Å². The first-order valence-electron chi connectivity index (χ1n) is 12.5. The van der Waals surface area contributed by atoms with Crippen LogP contribution in [0.5, 0.6) is 0 Å². The Morgan fingerprint density at radius 2 is 1.86 bits per heavy atom. The predicted octanol–water partition coefficient (Wildman–Crippen LogP) is 3.35. The largest absolute Gasteiger partial charge is 0.391 e. The summed E-state index contributed by atoms with van der Waals surface area (Å²) >= 11 is 1.59. The number of β-amino-alcohol motifs (C(OH)–C–C–N with tert-alkyl or cyclic N) is 1. The van der Waals surface area contributed by atoms with E-state index in [2.05, 4.69) is 15.6 Å². The van der Waals surface area contributed by atoms with Gasteiger partial charge in [-0.05, 0) is 30.0 Å². The summed E-state index contributed by atoms with van der Waals surface area (Å²) in [4.78, 5) is 45.9. The van der Waals surface area contributed by atoms with Crippen molar-refractivity contribution in [3.05, 3.63) is 76.9 Å². The summed E-state index contributed by atoms with van der Waals surface area (Å²) in [6.45, 7) is 4.20. The van der Waals surface area contributed by atoms with Gasteiger partial charge in [-0.2, -0.15) is 0 Å². The van der Waals surface area contributed by atoms with Gasteiger partial charge >= 0.3 is 0 Å². The normalized spacial score (nSPS) is 17.9. The van der Waals surface area contributed by atoms with Crippen LogP contribution < -0.4 is 10.6 Å². The molecule has 0 spiro atoms. The molecular weight excluding hydrogens is 488 g/mol. The van der Waals surface area contributed by atoms with E-state index in [0.29, 0.717) is 24.9 Å². The second-order valence-electron chi connectivity index (χ2n) is 9.24. The van der Waals surface area contributed by atoms with Crippen molar-refractivity contribution in [1.29, 1.82) is 0 Å². The van der Waals surface area contributed by atoms with Crippen molar-refractivity contribution in [2.24, 2.45) is 0 Å². The Bertz CT molecular complexity index is 1230. The number of nitrogens with one attached hydrogen (secondary N) is 2. The van der Waals surface area contributed by atoms with E-state index in [9.17, 15) is 19.5 Å². The number of aryl methyl sites for hydroxylation is 1. The number of aliphatic hydroxyl groups is 1. The van der Waals surface area contributed by atoms with Gasteiger partial charge in [-0.15, -0.1) is 11.3 Å². The smallest absolute Gasteiger partial charge is 0.250 e. The van der Waals surface area contributed by atoms with Gasteiger partial charge in [-0.3, -0.25) is 14.4 Å². The lowest BCUT2D eigenvalue weighted by molar-refractivity contribution is -0.141. The lowest BCUT2D eigenvalue weighted by Gasteiger charge is -2.29. The first-order valence-corrected chi connectivity index (χ1v) is 13.3. The summed E-state index contributed by atoms with van der Waals surface area (Å²) in [6, 6.07) is 15.1. The Labute approximate surface area is 220 Å². The number of hydrogen-bond acceptors (Lipinski definition) is 6. The van der Waals surface area contributed by atoms with Gasteiger partial charge in [0, 0.05) is 25.9 Å². The maximum atomic E-state index is 13.6. The van der Waals surface area contributed by atoms with Gasteiger partial charge in [0.25, 0.3) is 5.91 Å². The molecule has 194 valence electrons. The van der Waals surface area contributed by atoms with Crippen molar-refractivity contribution >= 4 is 29.1 Å². The van der Waals surface area contributed by atoms with Crippen LogP contribution in [0.1, 0.15) is 49.0 Å². The number of amides is 3. The fourth-order valence-corrected chi connectivity index (χ4v) is 5.34. The van der Waals surface area contributed by atoms with E-state index in [0.717, 1.165) is 21.7 Å². The monoisotopic (exact) mass is 520 g/mol. The predicted molar refractivity (Wildman–Crippen MR) is 142 cm³/mol. The van der Waals surface area contributed by atoms with Gasteiger partial charge in [-0.25, -0.2) is 4.98 Å². The van der Waals surface area contributed by atoms with Crippen molar-refractivity contribution < 1.29 is 19.5 Å². The minimum Gasteiger partial charge on any atom is -0.391 e. The molecule has 8 nitrogen and oxygen atoms in total. The average molecular weight is 521 g/mol. The van der Waals surface area contributed by atoms with Crippen LogP contribution in [0.15, 0.2) is 60.1 Å². The molecule has 9 heteroatoms. The van der Waals surface area contributed by atoms with Crippen LogP contribution >= 0.6 is 11.3 Å². The number of benzene rings is 2. The van der Waals surface area contributed by atoms with Crippen LogP contribution in [0.4, 0.5) is 0 Å². The SMILES string of the molecule is CCCC(=O)NC(C(=O)N1CC(O)CC1C(=O)NCc1ccc(-c2scnc2C)cc1)c1ccccc1. The Balaban J connectivity index is 1.44. The maximum Gasteiger partial charge on any atom is 0.250 e. The third-order valence-electron chi connectivity index (χ3n) is 6.46. The fourth-order valence-electron chi connectivity index (χ4n) is 4.53. The van der Waals surface area contributed by atoms with Crippen LogP contribution in [-0.2, 0) is 20.9 Å². The summed E-state index contributed by atoms with van der Waals surface area (Å²) in [5.74, 6) is -0.974. The molecule has 2 aromatic carbocycles. The molecule has 0 aliphatic carbocycles. The minimum atomic E-state index is -0.927. The van der Waals surface area contributed by atoms with Crippen LogP contribution in [0, 0.1) is 6.92 Å². The number of rotatable bonds is 9. The molecule has 3 amide bonds. The molecule has 1 fully saturated rings. The van der Waals surface area contributed by atoms with Crippen LogP contribution in [0.2, 0.25) is 0 Å². The zero-order chi connectivity index (χ0) is 26.4. The molecule has 3 aromatic rings. The summed E-state index contributed by atoms with van der Waals surface area (Å²) in [6.07, 6.45) is 0.278. The lowest BCUT2D eigenvalue weighted by Crippen LogP contribution is -2.50. The van der Waals surface area contributed by atoms with E-state index in [4.69, 9.17) is 0 Å². The third kappa shape index (κ3) is 6.42. The number of aliphatic hydroxyl groups excluding tert-OH is 1. The van der Waals surface area contributed by atoms with Crippen LogP contribution in [-0.4, -0.2) is 51.4 Å². The van der Waals surface area contributed by atoms with E-state index in [-0.39, 0.29) is 24.8 Å². The van der Waals surface area contributed by atoms with Gasteiger partial charge in [0.15, 0.2) is 0 Å². The van der Waals surface area contributed by atoms with E-state index in [1.807, 2.05) is 49.7 Å². The van der Waals surface area contributed by atoms with Crippen molar-refractivity contribution in [2.45, 2.75) is 57.8 Å². The van der Waals surface area contributed by atoms with Crippen molar-refractivity contribution in [1.82, 2.24) is 20.5 Å². The third-order valence-corrected chi connectivity index (χ3v) is 7.43. The quantitative estimate of drug-likeness (QED) is 0.401. The van der Waals surface area contributed by atoms with Crippen molar-refractivity contribution in [3.8, 4) is 10.4 Å². The van der Waals surface area contributed by atoms with Crippen molar-refractivity contribution in [3.63, 3.8) is 0 Å². The molecule has 3 atom stereocenters. The standard InChI is InChI=1S/C28H32N4O4S/c1-3-7-24(34)31-25(20-8-5-4-6-9-20)28(36)32-16-22(33)14-23(32)27(35)29-15-19-10-12-21(13-11-19)26-18(2)30-17-37-26/h4-6,8-13,17,22-23,25,33H,3,7,14-16H2,1-2H3,(H,29,35)(H,31,34). The highest BCUT2D eigenvalue weighted by molar-refractivity contribution is 7.13. The fraction of sp³-hybridized carbons (Fsp3) is 0.357. The molecule has 4 rings (SSSR count). The molecule has 3 N–H and O–H groups in total. The van der Waals surface area contributed by atoms with E-state index < -0.39 is 24.1 Å². The molecular formula is C28H32N4O4S. The minimum absolute atomic E-state index is 0.0345. The first kappa shape index (κ1) is 26.5.